The Hall–Kier alpha value is -1.28. The number of aromatic nitrogens is 3. The van der Waals surface area contributed by atoms with E-state index in [-0.39, 0.29) is 5.91 Å². The van der Waals surface area contributed by atoms with E-state index in [0.29, 0.717) is 11.7 Å². The van der Waals surface area contributed by atoms with E-state index in [1.807, 2.05) is 0 Å². The molecule has 24 heavy (non-hydrogen) atoms. The van der Waals surface area contributed by atoms with Gasteiger partial charge in [0, 0.05) is 26.2 Å². The zero-order chi connectivity index (χ0) is 17.4. The van der Waals surface area contributed by atoms with Gasteiger partial charge in [-0.05, 0) is 12.3 Å². The molecule has 7 nitrogen and oxygen atoms in total. The van der Waals surface area contributed by atoms with Gasteiger partial charge in [0.15, 0.2) is 5.16 Å². The third kappa shape index (κ3) is 5.66. The van der Waals surface area contributed by atoms with E-state index in [0.717, 1.165) is 63.3 Å². The van der Waals surface area contributed by atoms with E-state index in [1.54, 1.807) is 0 Å². The Morgan fingerprint density at radius 1 is 1.33 bits per heavy atom. The van der Waals surface area contributed by atoms with Crippen LogP contribution in [0.3, 0.4) is 0 Å². The van der Waals surface area contributed by atoms with E-state index < -0.39 is 0 Å². The Labute approximate surface area is 148 Å². The van der Waals surface area contributed by atoms with Gasteiger partial charge in [-0.15, -0.1) is 10.2 Å². The molecule has 1 amide bonds. The van der Waals surface area contributed by atoms with Crippen molar-refractivity contribution in [3.63, 3.8) is 0 Å². The van der Waals surface area contributed by atoms with Gasteiger partial charge in [0.25, 0.3) is 0 Å². The number of carbonyl (C=O) groups is 1. The zero-order valence-corrected chi connectivity index (χ0v) is 15.8. The minimum atomic E-state index is 0.0560. The molecular weight excluding hydrogens is 326 g/mol. The lowest BCUT2D eigenvalue weighted by Gasteiger charge is -2.28. The maximum Gasteiger partial charge on any atom is 0.230 e. The topological polar surface area (TPSA) is 72.3 Å². The fraction of sp³-hybridized carbons (Fsp3) is 0.812. The van der Waals surface area contributed by atoms with Crippen molar-refractivity contribution in [2.75, 3.05) is 43.5 Å². The lowest BCUT2D eigenvalue weighted by atomic mass is 10.2. The molecule has 2 rings (SSSR count). The lowest BCUT2D eigenvalue weighted by Crippen LogP contribution is -2.38. The summed E-state index contributed by atoms with van der Waals surface area (Å²) in [5, 5.41) is 12.5. The van der Waals surface area contributed by atoms with Crippen molar-refractivity contribution in [1.82, 2.24) is 20.1 Å². The van der Waals surface area contributed by atoms with Gasteiger partial charge < -0.3 is 15.0 Å². The Morgan fingerprint density at radius 3 is 2.75 bits per heavy atom. The van der Waals surface area contributed by atoms with Crippen LogP contribution in [0.2, 0.25) is 0 Å². The molecule has 136 valence electrons. The molecule has 0 unspecified atom stereocenters. The van der Waals surface area contributed by atoms with E-state index in [2.05, 4.69) is 45.8 Å². The summed E-state index contributed by atoms with van der Waals surface area (Å²) in [7, 11) is 0. The molecule has 0 saturated carbocycles. The molecule has 0 atom stereocenters. The number of hydrogen-bond donors (Lipinski definition) is 1. The zero-order valence-electron chi connectivity index (χ0n) is 15.0. The number of nitrogens with one attached hydrogen (secondary N) is 1. The standard InChI is InChI=1S/C16H29N5O2S/c1-4-5-6-17-14(22)12-24-16-19-18-15(21(16)11-13(2)3)20-7-9-23-10-8-20/h13H,4-12H2,1-3H3,(H,17,22). The van der Waals surface area contributed by atoms with Crippen LogP contribution in [0.25, 0.3) is 0 Å². The van der Waals surface area contributed by atoms with Gasteiger partial charge in [-0.25, -0.2) is 0 Å². The number of rotatable bonds is 9. The SMILES string of the molecule is CCCCNC(=O)CSc1nnc(N2CCOCC2)n1CC(C)C. The molecule has 1 fully saturated rings. The summed E-state index contributed by atoms with van der Waals surface area (Å²) in [6, 6.07) is 0. The largest absolute Gasteiger partial charge is 0.378 e. The van der Waals surface area contributed by atoms with Crippen molar-refractivity contribution in [3.05, 3.63) is 0 Å². The van der Waals surface area contributed by atoms with Gasteiger partial charge >= 0.3 is 0 Å². The Kier molecular flexibility index (Phi) is 7.84. The highest BCUT2D eigenvalue weighted by molar-refractivity contribution is 7.99. The number of nitrogens with zero attached hydrogens (tertiary/aromatic N) is 4. The van der Waals surface area contributed by atoms with Gasteiger partial charge in [-0.2, -0.15) is 0 Å². The van der Waals surface area contributed by atoms with E-state index in [9.17, 15) is 4.79 Å². The lowest BCUT2D eigenvalue weighted by molar-refractivity contribution is -0.118. The molecule has 2 heterocycles. The van der Waals surface area contributed by atoms with Crippen LogP contribution >= 0.6 is 11.8 Å². The van der Waals surface area contributed by atoms with Crippen LogP contribution in [0, 0.1) is 5.92 Å². The van der Waals surface area contributed by atoms with Crippen LogP contribution < -0.4 is 10.2 Å². The molecule has 1 aromatic heterocycles. The molecule has 0 spiro atoms. The number of carbonyl (C=O) groups excluding carboxylic acids is 1. The highest BCUT2D eigenvalue weighted by Crippen LogP contribution is 2.24. The second-order valence-corrected chi connectivity index (χ2v) is 7.32. The van der Waals surface area contributed by atoms with Gasteiger partial charge in [-0.3, -0.25) is 9.36 Å². The second-order valence-electron chi connectivity index (χ2n) is 6.38. The predicted octanol–water partition coefficient (Wildman–Crippen LogP) is 1.78. The molecule has 1 N–H and O–H groups in total. The highest BCUT2D eigenvalue weighted by Gasteiger charge is 2.21. The third-order valence-corrected chi connectivity index (χ3v) is 4.69. The quantitative estimate of drug-likeness (QED) is 0.538. The summed E-state index contributed by atoms with van der Waals surface area (Å²) in [5.74, 6) is 1.81. The van der Waals surface area contributed by atoms with Gasteiger partial charge in [0.2, 0.25) is 11.9 Å². The monoisotopic (exact) mass is 355 g/mol. The summed E-state index contributed by atoms with van der Waals surface area (Å²) < 4.78 is 7.56. The van der Waals surface area contributed by atoms with Crippen molar-refractivity contribution >= 4 is 23.6 Å². The maximum absolute atomic E-state index is 11.9. The minimum Gasteiger partial charge on any atom is -0.378 e. The van der Waals surface area contributed by atoms with Crippen LogP contribution in [0.15, 0.2) is 5.16 Å². The van der Waals surface area contributed by atoms with Crippen LogP contribution in [0.4, 0.5) is 5.95 Å². The summed E-state index contributed by atoms with van der Waals surface area (Å²) in [6.45, 7) is 11.2. The van der Waals surface area contributed by atoms with Crippen molar-refractivity contribution < 1.29 is 9.53 Å². The van der Waals surface area contributed by atoms with E-state index >= 15 is 0 Å². The molecule has 0 radical (unpaired) electrons. The summed E-state index contributed by atoms with van der Waals surface area (Å²) in [5.41, 5.74) is 0. The van der Waals surface area contributed by atoms with Crippen molar-refractivity contribution in [2.24, 2.45) is 5.92 Å². The van der Waals surface area contributed by atoms with Gasteiger partial charge in [-0.1, -0.05) is 39.0 Å². The Bertz CT molecular complexity index is 515. The minimum absolute atomic E-state index is 0.0560. The maximum atomic E-state index is 11.9. The summed E-state index contributed by atoms with van der Waals surface area (Å²) in [6.07, 6.45) is 2.10. The predicted molar refractivity (Wildman–Crippen MR) is 96.5 cm³/mol. The first-order chi connectivity index (χ1) is 11.6. The number of anilines is 1. The number of hydrogen-bond acceptors (Lipinski definition) is 6. The fourth-order valence-electron chi connectivity index (χ4n) is 2.50. The van der Waals surface area contributed by atoms with Crippen LogP contribution in [-0.4, -0.2) is 59.3 Å². The number of thioether (sulfide) groups is 1. The first kappa shape index (κ1) is 19.1. The summed E-state index contributed by atoms with van der Waals surface area (Å²) in [4.78, 5) is 14.1. The number of morpholine rings is 1. The van der Waals surface area contributed by atoms with Crippen LogP contribution in [0.5, 0.6) is 0 Å². The second kappa shape index (κ2) is 9.88. The first-order valence-electron chi connectivity index (χ1n) is 8.77. The normalized spacial score (nSPS) is 15.1. The third-order valence-electron chi connectivity index (χ3n) is 3.72. The van der Waals surface area contributed by atoms with E-state index in [1.165, 1.54) is 11.8 Å². The molecule has 0 bridgehead atoms. The molecule has 0 aromatic carbocycles. The molecule has 1 aliphatic heterocycles. The molecule has 8 heteroatoms. The average Bonchev–Trinajstić information content (AvgIpc) is 2.96. The highest BCUT2D eigenvalue weighted by atomic mass is 32.2. The molecule has 0 aliphatic carbocycles. The van der Waals surface area contributed by atoms with Gasteiger partial charge in [0.05, 0.1) is 19.0 Å². The van der Waals surface area contributed by atoms with Crippen molar-refractivity contribution in [3.8, 4) is 0 Å². The number of amides is 1. The number of unbranched alkanes of at least 4 members (excludes halogenated alkanes) is 1. The molecular formula is C16H29N5O2S. The van der Waals surface area contributed by atoms with Gasteiger partial charge in [0.1, 0.15) is 0 Å². The van der Waals surface area contributed by atoms with Crippen LogP contribution in [-0.2, 0) is 16.1 Å². The Morgan fingerprint density at radius 2 is 2.08 bits per heavy atom. The first-order valence-corrected chi connectivity index (χ1v) is 9.75. The van der Waals surface area contributed by atoms with Crippen LogP contribution in [0.1, 0.15) is 33.6 Å². The summed E-state index contributed by atoms with van der Waals surface area (Å²) >= 11 is 1.46. The van der Waals surface area contributed by atoms with Crippen molar-refractivity contribution in [2.45, 2.75) is 45.3 Å². The molecule has 1 aliphatic rings. The smallest absolute Gasteiger partial charge is 0.230 e. The fourth-order valence-corrected chi connectivity index (χ4v) is 3.27. The number of ether oxygens (including phenoxy) is 1. The van der Waals surface area contributed by atoms with Crippen molar-refractivity contribution in [1.29, 1.82) is 0 Å². The Balaban J connectivity index is 2.00. The van der Waals surface area contributed by atoms with E-state index in [4.69, 9.17) is 4.74 Å². The molecule has 1 saturated heterocycles. The average molecular weight is 356 g/mol. The molecule has 1 aromatic rings.